The van der Waals surface area contributed by atoms with Gasteiger partial charge in [0.25, 0.3) is 0 Å². The Labute approximate surface area is 150 Å². The van der Waals surface area contributed by atoms with Crippen LogP contribution < -0.4 is 15.2 Å². The van der Waals surface area contributed by atoms with Crippen molar-refractivity contribution in [3.05, 3.63) is 45.4 Å². The van der Waals surface area contributed by atoms with Crippen LogP contribution in [0.4, 0.5) is 0 Å². The topological polar surface area (TPSA) is 91.3 Å². The number of aryl methyl sites for hydroxylation is 2. The molecule has 25 heavy (non-hydrogen) atoms. The second-order valence-electron chi connectivity index (χ2n) is 5.58. The van der Waals surface area contributed by atoms with Crippen molar-refractivity contribution in [3.63, 3.8) is 0 Å². The molecule has 1 amide bonds. The van der Waals surface area contributed by atoms with Gasteiger partial charge in [0, 0.05) is 0 Å². The molecule has 7 heteroatoms. The summed E-state index contributed by atoms with van der Waals surface area (Å²) in [6.45, 7) is 4.45. The monoisotopic (exact) mass is 361 g/mol. The molecular formula is C18H21N2O4S-. The van der Waals surface area contributed by atoms with Crippen molar-refractivity contribution in [2.45, 2.75) is 33.1 Å². The average Bonchev–Trinajstić information content (AvgIpc) is 2.94. The van der Waals surface area contributed by atoms with Gasteiger partial charge in [-0.05, 0) is 31.0 Å². The molecule has 2 rings (SSSR count). The van der Waals surface area contributed by atoms with E-state index < -0.39 is 5.97 Å². The number of hydrogen-bond donors (Lipinski definition) is 1. The van der Waals surface area contributed by atoms with Crippen LogP contribution in [0, 0.1) is 6.92 Å². The Hall–Kier alpha value is -2.41. The number of nitrogens with zero attached hydrogens (tertiary/aromatic N) is 1. The SMILES string of the molecule is CCCc1ccc(OCCNC(=O)Cc2nc(C)c(C(=O)[O-])s2)cc1. The summed E-state index contributed by atoms with van der Waals surface area (Å²) in [7, 11) is 0. The highest BCUT2D eigenvalue weighted by atomic mass is 32.1. The molecule has 1 N–H and O–H groups in total. The van der Waals surface area contributed by atoms with Crippen LogP contribution in [0.2, 0.25) is 0 Å². The summed E-state index contributed by atoms with van der Waals surface area (Å²) in [6.07, 6.45) is 2.20. The molecule has 0 bridgehead atoms. The van der Waals surface area contributed by atoms with E-state index in [0.29, 0.717) is 23.9 Å². The Kier molecular flexibility index (Phi) is 6.94. The van der Waals surface area contributed by atoms with E-state index in [2.05, 4.69) is 17.2 Å². The zero-order valence-electron chi connectivity index (χ0n) is 14.3. The van der Waals surface area contributed by atoms with E-state index in [1.165, 1.54) is 5.56 Å². The summed E-state index contributed by atoms with van der Waals surface area (Å²) in [5.74, 6) is -0.719. The number of aromatic carboxylic acids is 1. The molecule has 134 valence electrons. The highest BCUT2D eigenvalue weighted by Gasteiger charge is 2.11. The zero-order chi connectivity index (χ0) is 18.2. The van der Waals surface area contributed by atoms with E-state index in [0.717, 1.165) is 29.9 Å². The third kappa shape index (κ3) is 5.86. The molecule has 1 heterocycles. The number of nitrogens with one attached hydrogen (secondary N) is 1. The first-order valence-electron chi connectivity index (χ1n) is 8.15. The van der Waals surface area contributed by atoms with E-state index in [9.17, 15) is 14.7 Å². The maximum absolute atomic E-state index is 11.9. The van der Waals surface area contributed by atoms with Gasteiger partial charge >= 0.3 is 0 Å². The molecule has 0 spiro atoms. The summed E-state index contributed by atoms with van der Waals surface area (Å²) in [5, 5.41) is 14.1. The zero-order valence-corrected chi connectivity index (χ0v) is 15.1. The lowest BCUT2D eigenvalue weighted by Crippen LogP contribution is -2.29. The highest BCUT2D eigenvalue weighted by Crippen LogP contribution is 2.17. The molecule has 0 aliphatic heterocycles. The molecule has 0 aliphatic carbocycles. The lowest BCUT2D eigenvalue weighted by atomic mass is 10.1. The van der Waals surface area contributed by atoms with Crippen molar-refractivity contribution >= 4 is 23.2 Å². The van der Waals surface area contributed by atoms with Crippen molar-refractivity contribution < 1.29 is 19.4 Å². The largest absolute Gasteiger partial charge is 0.544 e. The Balaban J connectivity index is 1.71. The van der Waals surface area contributed by atoms with Gasteiger partial charge in [0.15, 0.2) is 0 Å². The van der Waals surface area contributed by atoms with Crippen LogP contribution in [0.3, 0.4) is 0 Å². The van der Waals surface area contributed by atoms with Gasteiger partial charge in [-0.1, -0.05) is 25.5 Å². The Morgan fingerprint density at radius 3 is 2.60 bits per heavy atom. The summed E-state index contributed by atoms with van der Waals surface area (Å²) in [6, 6.07) is 7.92. The first-order chi connectivity index (χ1) is 12.0. The second kappa shape index (κ2) is 9.17. The molecule has 6 nitrogen and oxygen atoms in total. The molecule has 0 unspecified atom stereocenters. The number of hydrogen-bond acceptors (Lipinski definition) is 6. The van der Waals surface area contributed by atoms with Gasteiger partial charge in [-0.3, -0.25) is 4.79 Å². The quantitative estimate of drug-likeness (QED) is 0.684. The molecule has 0 saturated heterocycles. The smallest absolute Gasteiger partial charge is 0.226 e. The number of aromatic nitrogens is 1. The number of amides is 1. The summed E-state index contributed by atoms with van der Waals surface area (Å²) in [5.41, 5.74) is 1.65. The number of carbonyl (C=O) groups excluding carboxylic acids is 2. The van der Waals surface area contributed by atoms with E-state index in [4.69, 9.17) is 4.74 Å². The van der Waals surface area contributed by atoms with Crippen LogP contribution in [0.5, 0.6) is 5.75 Å². The number of ether oxygens (including phenoxy) is 1. The summed E-state index contributed by atoms with van der Waals surface area (Å²) >= 11 is 0.972. The second-order valence-corrected chi connectivity index (χ2v) is 6.66. The van der Waals surface area contributed by atoms with Gasteiger partial charge in [0.05, 0.1) is 29.5 Å². The van der Waals surface area contributed by atoms with E-state index >= 15 is 0 Å². The fourth-order valence-corrected chi connectivity index (χ4v) is 3.22. The fourth-order valence-electron chi connectivity index (χ4n) is 2.32. The molecular weight excluding hydrogens is 340 g/mol. The van der Waals surface area contributed by atoms with Crippen LogP contribution in [-0.2, 0) is 17.6 Å². The minimum Gasteiger partial charge on any atom is -0.544 e. The van der Waals surface area contributed by atoms with Crippen LogP contribution >= 0.6 is 11.3 Å². The van der Waals surface area contributed by atoms with Crippen LogP contribution in [0.25, 0.3) is 0 Å². The van der Waals surface area contributed by atoms with Gasteiger partial charge < -0.3 is 20.0 Å². The van der Waals surface area contributed by atoms with Crippen LogP contribution in [0.1, 0.15) is 39.3 Å². The lowest BCUT2D eigenvalue weighted by Gasteiger charge is -2.08. The van der Waals surface area contributed by atoms with Crippen molar-refractivity contribution in [3.8, 4) is 5.75 Å². The number of carbonyl (C=O) groups is 2. The van der Waals surface area contributed by atoms with E-state index in [-0.39, 0.29) is 17.2 Å². The van der Waals surface area contributed by atoms with Gasteiger partial charge in [-0.2, -0.15) is 0 Å². The van der Waals surface area contributed by atoms with Crippen LogP contribution in [0.15, 0.2) is 24.3 Å². The summed E-state index contributed by atoms with van der Waals surface area (Å²) < 4.78 is 5.58. The molecule has 0 aliphatic rings. The maximum atomic E-state index is 11.9. The number of carboxylic acids is 1. The molecule has 0 atom stereocenters. The lowest BCUT2D eigenvalue weighted by molar-refractivity contribution is -0.254. The van der Waals surface area contributed by atoms with Gasteiger partial charge in [0.2, 0.25) is 5.91 Å². The third-order valence-electron chi connectivity index (χ3n) is 3.49. The number of carboxylic acid groups (broad SMARTS) is 1. The molecule has 1 aromatic heterocycles. The molecule has 1 aromatic carbocycles. The first-order valence-corrected chi connectivity index (χ1v) is 8.97. The predicted molar refractivity (Wildman–Crippen MR) is 93.8 cm³/mol. The van der Waals surface area contributed by atoms with Gasteiger partial charge in [-0.25, -0.2) is 4.98 Å². The number of thiazole rings is 1. The number of benzene rings is 1. The van der Waals surface area contributed by atoms with Crippen molar-refractivity contribution in [2.24, 2.45) is 0 Å². The third-order valence-corrected chi connectivity index (χ3v) is 4.63. The Morgan fingerprint density at radius 2 is 2.00 bits per heavy atom. The highest BCUT2D eigenvalue weighted by molar-refractivity contribution is 7.13. The van der Waals surface area contributed by atoms with E-state index in [1.807, 2.05) is 24.3 Å². The molecule has 0 radical (unpaired) electrons. The predicted octanol–water partition coefficient (Wildman–Crippen LogP) is 1.51. The van der Waals surface area contributed by atoms with E-state index in [1.54, 1.807) is 6.92 Å². The minimum absolute atomic E-state index is 0.0461. The first kappa shape index (κ1) is 18.9. The molecule has 0 saturated carbocycles. The number of rotatable bonds is 9. The van der Waals surface area contributed by atoms with Crippen molar-refractivity contribution in [1.82, 2.24) is 10.3 Å². The maximum Gasteiger partial charge on any atom is 0.226 e. The minimum atomic E-state index is -1.26. The van der Waals surface area contributed by atoms with Crippen molar-refractivity contribution in [1.29, 1.82) is 0 Å². The van der Waals surface area contributed by atoms with Gasteiger partial charge in [0.1, 0.15) is 17.4 Å². The van der Waals surface area contributed by atoms with Crippen LogP contribution in [-0.4, -0.2) is 30.0 Å². The Morgan fingerprint density at radius 1 is 1.28 bits per heavy atom. The summed E-state index contributed by atoms with van der Waals surface area (Å²) in [4.78, 5) is 26.9. The van der Waals surface area contributed by atoms with Crippen molar-refractivity contribution in [2.75, 3.05) is 13.2 Å². The van der Waals surface area contributed by atoms with Gasteiger partial charge in [-0.15, -0.1) is 11.3 Å². The molecule has 2 aromatic rings. The standard InChI is InChI=1S/C18H22N2O4S/c1-3-4-13-5-7-14(8-6-13)24-10-9-19-15(21)11-16-20-12(2)17(25-16)18(22)23/h5-8H,3-4,9-11H2,1-2H3,(H,19,21)(H,22,23)/p-1. The normalized spacial score (nSPS) is 10.5. The fraction of sp³-hybridized carbons (Fsp3) is 0.389. The molecule has 0 fully saturated rings. The Bertz CT molecular complexity index is 725. The average molecular weight is 361 g/mol.